The maximum absolute atomic E-state index is 2.39. The second kappa shape index (κ2) is 6.86. The molecule has 104 valence electrons. The Morgan fingerprint density at radius 1 is 0.750 bits per heavy atom. The van der Waals surface area contributed by atoms with E-state index in [0.717, 1.165) is 0 Å². The minimum Gasteiger partial charge on any atom is -0.0928 e. The quantitative estimate of drug-likeness (QED) is 0.759. The molecular formula is C18H24Si2. The molecule has 2 heteroatoms. The zero-order valence-corrected chi connectivity index (χ0v) is 15.9. The molecule has 20 heavy (non-hydrogen) atoms. The number of hydrogen-bond acceptors (Lipinski definition) is 0. The maximum Gasteiger partial charge on any atom is 0.0816 e. The second-order valence-corrected chi connectivity index (χ2v) is 10.2. The van der Waals surface area contributed by atoms with Gasteiger partial charge < -0.3 is 0 Å². The van der Waals surface area contributed by atoms with Crippen molar-refractivity contribution in [3.63, 3.8) is 0 Å². The smallest absolute Gasteiger partial charge is 0.0816 e. The van der Waals surface area contributed by atoms with Crippen LogP contribution in [0.5, 0.6) is 0 Å². The molecule has 0 amide bonds. The molecule has 0 nitrogen and oxygen atoms in total. The van der Waals surface area contributed by atoms with Crippen LogP contribution < -0.4 is 10.4 Å². The Morgan fingerprint density at radius 3 is 1.50 bits per heavy atom. The predicted molar refractivity (Wildman–Crippen MR) is 99.2 cm³/mol. The summed E-state index contributed by atoms with van der Waals surface area (Å²) in [6.07, 6.45) is 4.51. The molecule has 0 atom stereocenters. The molecule has 0 aliphatic rings. The lowest BCUT2D eigenvalue weighted by Gasteiger charge is -2.06. The van der Waals surface area contributed by atoms with Crippen LogP contribution in [0.3, 0.4) is 0 Å². The van der Waals surface area contributed by atoms with Crippen LogP contribution in [0.25, 0.3) is 10.8 Å². The molecule has 0 aliphatic heterocycles. The summed E-state index contributed by atoms with van der Waals surface area (Å²) in [4.78, 5) is 0. The van der Waals surface area contributed by atoms with Gasteiger partial charge in [-0.25, -0.2) is 0 Å². The lowest BCUT2D eigenvalue weighted by Crippen LogP contribution is -2.17. The fourth-order valence-corrected chi connectivity index (χ4v) is 5.22. The van der Waals surface area contributed by atoms with E-state index in [2.05, 4.69) is 76.2 Å². The van der Waals surface area contributed by atoms with E-state index >= 15 is 0 Å². The summed E-state index contributed by atoms with van der Waals surface area (Å²) < 4.78 is 0. The Kier molecular flexibility index (Phi) is 5.15. The van der Waals surface area contributed by atoms with Crippen molar-refractivity contribution in [2.75, 3.05) is 0 Å². The van der Waals surface area contributed by atoms with E-state index in [1.807, 2.05) is 0 Å². The highest BCUT2D eigenvalue weighted by molar-refractivity contribution is 6.61. The molecule has 0 radical (unpaired) electrons. The van der Waals surface area contributed by atoms with Gasteiger partial charge in [-0.2, -0.15) is 0 Å². The van der Waals surface area contributed by atoms with Gasteiger partial charge in [0.2, 0.25) is 0 Å². The van der Waals surface area contributed by atoms with Gasteiger partial charge in [0.05, 0.1) is 19.0 Å². The van der Waals surface area contributed by atoms with Crippen LogP contribution in [0.1, 0.15) is 27.7 Å². The number of allylic oxidation sites excluding steroid dienone is 4. The highest BCUT2D eigenvalue weighted by Crippen LogP contribution is 2.11. The molecule has 0 heterocycles. The van der Waals surface area contributed by atoms with Crippen LogP contribution in [0.2, 0.25) is 0 Å². The van der Waals surface area contributed by atoms with E-state index in [9.17, 15) is 0 Å². The highest BCUT2D eigenvalue weighted by Gasteiger charge is 2.01. The zero-order chi connectivity index (χ0) is 14.5. The first-order valence-electron chi connectivity index (χ1n) is 7.37. The summed E-state index contributed by atoms with van der Waals surface area (Å²) in [5.74, 6) is 0. The van der Waals surface area contributed by atoms with Crippen LogP contribution >= 0.6 is 0 Å². The Hall–Kier alpha value is -1.39. The van der Waals surface area contributed by atoms with Gasteiger partial charge in [-0.1, -0.05) is 69.3 Å². The van der Waals surface area contributed by atoms with Gasteiger partial charge >= 0.3 is 0 Å². The SMILES string of the molecule is CC=C(C)[SiH2]c1ccc2cc([SiH2]C(C)=CC)ccc2c1. The van der Waals surface area contributed by atoms with Crippen LogP contribution in [0, 0.1) is 0 Å². The summed E-state index contributed by atoms with van der Waals surface area (Å²) >= 11 is 0. The van der Waals surface area contributed by atoms with Crippen LogP contribution in [-0.4, -0.2) is 19.0 Å². The molecule has 0 aliphatic carbocycles. The molecule has 0 N–H and O–H groups in total. The van der Waals surface area contributed by atoms with Crippen LogP contribution in [0.15, 0.2) is 58.9 Å². The number of fused-ring (bicyclic) bond motifs is 1. The van der Waals surface area contributed by atoms with Crippen LogP contribution in [-0.2, 0) is 0 Å². The standard InChI is InChI=1S/C18H24Si2/c1-5-13(3)19-17-9-7-16-12-18(20-14(4)6-2)10-8-15(16)11-17/h5-12H,19-20H2,1-4H3. The van der Waals surface area contributed by atoms with Gasteiger partial charge in [0.15, 0.2) is 0 Å². The predicted octanol–water partition coefficient (Wildman–Crippen LogP) is 2.28. The van der Waals surface area contributed by atoms with E-state index < -0.39 is 0 Å². The summed E-state index contributed by atoms with van der Waals surface area (Å²) in [6.45, 7) is 8.80. The lowest BCUT2D eigenvalue weighted by molar-refractivity contribution is 1.57. The number of rotatable bonds is 4. The van der Waals surface area contributed by atoms with Crippen molar-refractivity contribution in [1.29, 1.82) is 0 Å². The Labute approximate surface area is 127 Å². The van der Waals surface area contributed by atoms with Crippen molar-refractivity contribution in [3.05, 3.63) is 58.9 Å². The fraction of sp³-hybridized carbons (Fsp3) is 0.222. The Bertz CT molecular complexity index is 607. The van der Waals surface area contributed by atoms with Gasteiger partial charge in [0.1, 0.15) is 0 Å². The first kappa shape index (κ1) is 15.0. The average molecular weight is 297 g/mol. The molecule has 0 unspecified atom stereocenters. The first-order chi connectivity index (χ1) is 9.62. The third kappa shape index (κ3) is 3.81. The van der Waals surface area contributed by atoms with E-state index in [0.29, 0.717) is 0 Å². The zero-order valence-electron chi connectivity index (χ0n) is 13.0. The lowest BCUT2D eigenvalue weighted by atomic mass is 10.1. The van der Waals surface area contributed by atoms with Crippen molar-refractivity contribution in [3.8, 4) is 0 Å². The van der Waals surface area contributed by atoms with Crippen molar-refractivity contribution in [1.82, 2.24) is 0 Å². The molecule has 0 fully saturated rings. The highest BCUT2D eigenvalue weighted by atomic mass is 28.2. The second-order valence-electron chi connectivity index (χ2n) is 5.64. The van der Waals surface area contributed by atoms with Gasteiger partial charge in [-0.3, -0.25) is 0 Å². The van der Waals surface area contributed by atoms with Gasteiger partial charge in [0.25, 0.3) is 0 Å². The minimum atomic E-state index is -0.246. The molecule has 0 saturated carbocycles. The van der Waals surface area contributed by atoms with Crippen molar-refractivity contribution in [2.45, 2.75) is 27.7 Å². The fourth-order valence-electron chi connectivity index (χ4n) is 2.41. The maximum atomic E-state index is 2.39. The Balaban J connectivity index is 2.29. The number of benzene rings is 2. The summed E-state index contributed by atoms with van der Waals surface area (Å²) in [7, 11) is -0.492. The van der Waals surface area contributed by atoms with E-state index in [4.69, 9.17) is 0 Å². The van der Waals surface area contributed by atoms with E-state index in [-0.39, 0.29) is 19.0 Å². The summed E-state index contributed by atoms with van der Waals surface area (Å²) in [5.41, 5.74) is 0. The summed E-state index contributed by atoms with van der Waals surface area (Å²) in [5, 5.41) is 9.02. The van der Waals surface area contributed by atoms with Crippen LogP contribution in [0.4, 0.5) is 0 Å². The molecule has 2 aromatic carbocycles. The molecule has 0 spiro atoms. The normalized spacial score (nSPS) is 14.2. The molecule has 0 saturated heterocycles. The van der Waals surface area contributed by atoms with E-state index in [1.165, 1.54) is 10.8 Å². The number of hydrogen-bond donors (Lipinski definition) is 0. The summed E-state index contributed by atoms with van der Waals surface area (Å²) in [6, 6.07) is 14.1. The van der Waals surface area contributed by atoms with Gasteiger partial charge in [-0.05, 0) is 38.5 Å². The Morgan fingerprint density at radius 2 is 1.15 bits per heavy atom. The minimum absolute atomic E-state index is 0.246. The van der Waals surface area contributed by atoms with E-state index in [1.54, 1.807) is 20.8 Å². The van der Waals surface area contributed by atoms with Gasteiger partial charge in [0, 0.05) is 0 Å². The molecular weight excluding hydrogens is 272 g/mol. The largest absolute Gasteiger partial charge is 0.0928 e. The molecule has 0 bridgehead atoms. The van der Waals surface area contributed by atoms with Crippen molar-refractivity contribution >= 4 is 40.2 Å². The monoisotopic (exact) mass is 296 g/mol. The van der Waals surface area contributed by atoms with Gasteiger partial charge in [-0.15, -0.1) is 0 Å². The van der Waals surface area contributed by atoms with Crippen molar-refractivity contribution < 1.29 is 0 Å². The molecule has 2 rings (SSSR count). The third-order valence-electron chi connectivity index (χ3n) is 3.92. The molecule has 0 aromatic heterocycles. The third-order valence-corrected chi connectivity index (χ3v) is 7.55. The van der Waals surface area contributed by atoms with Crippen molar-refractivity contribution in [2.24, 2.45) is 0 Å². The average Bonchev–Trinajstić information content (AvgIpc) is 2.47. The topological polar surface area (TPSA) is 0 Å². The first-order valence-corrected chi connectivity index (χ1v) is 10.2. The molecule has 2 aromatic rings.